The summed E-state index contributed by atoms with van der Waals surface area (Å²) < 4.78 is 42.4. The van der Waals surface area contributed by atoms with E-state index in [-0.39, 0.29) is 30.0 Å². The second-order valence-corrected chi connectivity index (χ2v) is 5.75. The molecule has 0 spiro atoms. The number of alkyl halides is 3. The van der Waals surface area contributed by atoms with E-state index in [4.69, 9.17) is 4.74 Å². The molecule has 1 unspecified atom stereocenters. The maximum Gasteiger partial charge on any atom is 0.401 e. The Bertz CT molecular complexity index is 551. The van der Waals surface area contributed by atoms with E-state index in [9.17, 15) is 13.2 Å². The van der Waals surface area contributed by atoms with Crippen LogP contribution in [0.15, 0.2) is 29.3 Å². The molecule has 1 fully saturated rings. The van der Waals surface area contributed by atoms with Crippen LogP contribution < -0.4 is 15.4 Å². The van der Waals surface area contributed by atoms with Crippen molar-refractivity contribution in [3.8, 4) is 5.75 Å². The second-order valence-electron chi connectivity index (χ2n) is 5.75. The fourth-order valence-corrected chi connectivity index (χ4v) is 2.66. The molecule has 1 aliphatic rings. The minimum atomic E-state index is -4.15. The van der Waals surface area contributed by atoms with Crippen molar-refractivity contribution in [2.45, 2.75) is 25.2 Å². The van der Waals surface area contributed by atoms with E-state index in [0.29, 0.717) is 32.0 Å². The molecule has 0 aromatic heterocycles. The largest absolute Gasteiger partial charge is 0.497 e. The van der Waals surface area contributed by atoms with Crippen LogP contribution in [0.5, 0.6) is 5.75 Å². The van der Waals surface area contributed by atoms with E-state index in [0.717, 1.165) is 11.3 Å². The van der Waals surface area contributed by atoms with Gasteiger partial charge in [-0.05, 0) is 24.1 Å². The molecule has 1 saturated heterocycles. The number of methoxy groups -OCH3 is 1. The quantitative estimate of drug-likeness (QED) is 0.393. The second kappa shape index (κ2) is 10.0. The molecule has 0 saturated carbocycles. The predicted molar refractivity (Wildman–Crippen MR) is 103 cm³/mol. The van der Waals surface area contributed by atoms with Gasteiger partial charge in [-0.3, -0.25) is 9.89 Å². The number of guanidine groups is 1. The van der Waals surface area contributed by atoms with Gasteiger partial charge in [0.05, 0.1) is 13.7 Å². The molecule has 0 amide bonds. The van der Waals surface area contributed by atoms with E-state index < -0.39 is 12.7 Å². The van der Waals surface area contributed by atoms with Crippen LogP contribution in [-0.2, 0) is 6.54 Å². The van der Waals surface area contributed by atoms with Gasteiger partial charge in [0.25, 0.3) is 0 Å². The molecular formula is C16H24F3IN4O. The van der Waals surface area contributed by atoms with Crippen molar-refractivity contribution in [1.82, 2.24) is 15.5 Å². The highest BCUT2D eigenvalue weighted by Crippen LogP contribution is 2.19. The third-order valence-electron chi connectivity index (χ3n) is 3.86. The maximum absolute atomic E-state index is 12.4. The number of halogens is 4. The SMILES string of the molecule is CN=C(NCc1ccc(OC)cc1)NC1CCN(CC(F)(F)F)C1.I. The van der Waals surface area contributed by atoms with Crippen molar-refractivity contribution in [1.29, 1.82) is 0 Å². The molecule has 1 heterocycles. The van der Waals surface area contributed by atoms with Crippen LogP contribution in [0.1, 0.15) is 12.0 Å². The van der Waals surface area contributed by atoms with Crippen LogP contribution in [0.3, 0.4) is 0 Å². The summed E-state index contributed by atoms with van der Waals surface area (Å²) in [6.07, 6.45) is -3.48. The van der Waals surface area contributed by atoms with Gasteiger partial charge in [0.2, 0.25) is 0 Å². The molecule has 0 radical (unpaired) electrons. The Morgan fingerprint density at radius 3 is 2.56 bits per heavy atom. The number of rotatable bonds is 5. The van der Waals surface area contributed by atoms with Gasteiger partial charge in [-0.25, -0.2) is 0 Å². The van der Waals surface area contributed by atoms with Crippen molar-refractivity contribution in [3.05, 3.63) is 29.8 Å². The predicted octanol–water partition coefficient (Wildman–Crippen LogP) is 2.61. The Morgan fingerprint density at radius 1 is 1.32 bits per heavy atom. The summed E-state index contributed by atoms with van der Waals surface area (Å²) in [6, 6.07) is 7.60. The van der Waals surface area contributed by atoms with Gasteiger partial charge in [0.1, 0.15) is 5.75 Å². The van der Waals surface area contributed by atoms with Gasteiger partial charge in [-0.2, -0.15) is 13.2 Å². The summed E-state index contributed by atoms with van der Waals surface area (Å²) in [6.45, 7) is 0.515. The first-order valence-electron chi connectivity index (χ1n) is 7.79. The zero-order valence-corrected chi connectivity index (χ0v) is 16.6. The molecule has 1 atom stereocenters. The zero-order valence-electron chi connectivity index (χ0n) is 14.3. The summed E-state index contributed by atoms with van der Waals surface area (Å²) in [5.74, 6) is 1.38. The van der Waals surface area contributed by atoms with Crippen LogP contribution in [0, 0.1) is 0 Å². The number of aliphatic imine (C=N–C) groups is 1. The van der Waals surface area contributed by atoms with Gasteiger partial charge in [-0.1, -0.05) is 12.1 Å². The molecule has 5 nitrogen and oxygen atoms in total. The summed E-state index contributed by atoms with van der Waals surface area (Å²) in [5.41, 5.74) is 1.06. The highest BCUT2D eigenvalue weighted by molar-refractivity contribution is 14.0. The fourth-order valence-electron chi connectivity index (χ4n) is 2.66. The van der Waals surface area contributed by atoms with Crippen molar-refractivity contribution < 1.29 is 17.9 Å². The Hall–Kier alpha value is -1.23. The number of nitrogens with one attached hydrogen (secondary N) is 2. The lowest BCUT2D eigenvalue weighted by Crippen LogP contribution is -2.44. The average Bonchev–Trinajstić information content (AvgIpc) is 2.96. The minimum absolute atomic E-state index is 0. The lowest BCUT2D eigenvalue weighted by molar-refractivity contribution is -0.143. The van der Waals surface area contributed by atoms with Crippen LogP contribution in [0.2, 0.25) is 0 Å². The molecule has 25 heavy (non-hydrogen) atoms. The van der Waals surface area contributed by atoms with E-state index in [1.165, 1.54) is 4.90 Å². The number of benzene rings is 1. The minimum Gasteiger partial charge on any atom is -0.497 e. The van der Waals surface area contributed by atoms with Crippen LogP contribution in [0.25, 0.3) is 0 Å². The molecule has 142 valence electrons. The summed E-state index contributed by atoms with van der Waals surface area (Å²) in [4.78, 5) is 5.54. The number of hydrogen-bond acceptors (Lipinski definition) is 3. The Labute approximate surface area is 163 Å². The van der Waals surface area contributed by atoms with E-state index in [2.05, 4.69) is 15.6 Å². The molecular weight excluding hydrogens is 448 g/mol. The molecule has 0 aliphatic carbocycles. The first-order valence-corrected chi connectivity index (χ1v) is 7.79. The number of hydrogen-bond donors (Lipinski definition) is 2. The lowest BCUT2D eigenvalue weighted by Gasteiger charge is -2.19. The standard InChI is InChI=1S/C16H23F3N4O.HI/c1-20-15(21-9-12-3-5-14(24-2)6-4-12)22-13-7-8-23(10-13)11-16(17,18)19;/h3-6,13H,7-11H2,1-2H3,(H2,20,21,22);1H. The zero-order chi connectivity index (χ0) is 17.6. The first-order chi connectivity index (χ1) is 11.4. The van der Waals surface area contributed by atoms with Crippen molar-refractivity contribution in [3.63, 3.8) is 0 Å². The summed E-state index contributed by atoms with van der Waals surface area (Å²) in [7, 11) is 3.26. The highest BCUT2D eigenvalue weighted by Gasteiger charge is 2.34. The Morgan fingerprint density at radius 2 is 2.00 bits per heavy atom. The van der Waals surface area contributed by atoms with Gasteiger partial charge in [-0.15, -0.1) is 24.0 Å². The number of ether oxygens (including phenoxy) is 1. The molecule has 2 N–H and O–H groups in total. The number of nitrogens with zero attached hydrogens (tertiary/aromatic N) is 2. The Kier molecular flexibility index (Phi) is 8.77. The molecule has 2 rings (SSSR count). The first kappa shape index (κ1) is 21.8. The average molecular weight is 472 g/mol. The monoisotopic (exact) mass is 472 g/mol. The smallest absolute Gasteiger partial charge is 0.401 e. The van der Waals surface area contributed by atoms with Crippen molar-refractivity contribution in [2.24, 2.45) is 4.99 Å². The van der Waals surface area contributed by atoms with E-state index in [1.54, 1.807) is 14.2 Å². The van der Waals surface area contributed by atoms with Crippen LogP contribution in [-0.4, -0.2) is 56.9 Å². The molecule has 0 bridgehead atoms. The van der Waals surface area contributed by atoms with E-state index in [1.807, 2.05) is 24.3 Å². The molecule has 1 aromatic carbocycles. The third-order valence-corrected chi connectivity index (χ3v) is 3.86. The van der Waals surface area contributed by atoms with Crippen LogP contribution in [0.4, 0.5) is 13.2 Å². The van der Waals surface area contributed by atoms with Gasteiger partial charge >= 0.3 is 6.18 Å². The molecule has 9 heteroatoms. The summed E-state index contributed by atoms with van der Waals surface area (Å²) >= 11 is 0. The fraction of sp³-hybridized carbons (Fsp3) is 0.562. The normalized spacial score (nSPS) is 18.6. The van der Waals surface area contributed by atoms with Crippen LogP contribution >= 0.6 is 24.0 Å². The molecule has 1 aromatic rings. The van der Waals surface area contributed by atoms with Crippen molar-refractivity contribution in [2.75, 3.05) is 33.8 Å². The van der Waals surface area contributed by atoms with Gasteiger partial charge < -0.3 is 15.4 Å². The topological polar surface area (TPSA) is 48.9 Å². The highest BCUT2D eigenvalue weighted by atomic mass is 127. The number of likely N-dealkylation sites (tertiary alicyclic amines) is 1. The van der Waals surface area contributed by atoms with Gasteiger partial charge in [0.15, 0.2) is 5.96 Å². The maximum atomic E-state index is 12.4. The molecule has 1 aliphatic heterocycles. The van der Waals surface area contributed by atoms with Crippen molar-refractivity contribution >= 4 is 29.9 Å². The third kappa shape index (κ3) is 7.68. The Balaban J connectivity index is 0.00000312. The lowest BCUT2D eigenvalue weighted by atomic mass is 10.2. The summed E-state index contributed by atoms with van der Waals surface area (Å²) in [5, 5.41) is 6.35. The van der Waals surface area contributed by atoms with E-state index >= 15 is 0 Å². The van der Waals surface area contributed by atoms with Gasteiger partial charge in [0, 0.05) is 32.7 Å².